The normalized spacial score (nSPS) is 13.9. The second kappa shape index (κ2) is 6.95. The fourth-order valence-corrected chi connectivity index (χ4v) is 3.20. The molecule has 1 amide bonds. The summed E-state index contributed by atoms with van der Waals surface area (Å²) in [6, 6.07) is 11.5. The molecule has 5 heteroatoms. The van der Waals surface area contributed by atoms with Gasteiger partial charge in [-0.15, -0.1) is 0 Å². The second-order valence-corrected chi connectivity index (χ2v) is 6.53. The lowest BCUT2D eigenvalue weighted by atomic mass is 9.99. The molecule has 0 radical (unpaired) electrons. The number of aliphatic hydroxyl groups is 1. The molecule has 0 fully saturated rings. The number of fused-ring (bicyclic) bond motifs is 1. The maximum atomic E-state index is 12.0. The summed E-state index contributed by atoms with van der Waals surface area (Å²) in [5.74, 6) is -0.244. The van der Waals surface area contributed by atoms with Crippen LogP contribution in [0.25, 0.3) is 17.0 Å². The van der Waals surface area contributed by atoms with Gasteiger partial charge in [-0.05, 0) is 53.1 Å². The van der Waals surface area contributed by atoms with E-state index >= 15 is 0 Å². The highest BCUT2D eigenvalue weighted by molar-refractivity contribution is 7.08. The van der Waals surface area contributed by atoms with Crippen molar-refractivity contribution in [2.24, 2.45) is 0 Å². The predicted molar refractivity (Wildman–Crippen MR) is 97.7 cm³/mol. The molecule has 0 bridgehead atoms. The Labute approximate surface area is 144 Å². The summed E-state index contributed by atoms with van der Waals surface area (Å²) in [5.41, 5.74) is 1.55. The van der Waals surface area contributed by atoms with E-state index in [0.29, 0.717) is 0 Å². The van der Waals surface area contributed by atoms with Crippen molar-refractivity contribution in [3.8, 4) is 0 Å². The average molecular weight is 338 g/mol. The highest BCUT2D eigenvalue weighted by Crippen LogP contribution is 2.22. The van der Waals surface area contributed by atoms with Crippen molar-refractivity contribution in [2.45, 2.75) is 12.5 Å². The van der Waals surface area contributed by atoms with Crippen molar-refractivity contribution in [1.29, 1.82) is 0 Å². The number of nitrogens with one attached hydrogen (secondary N) is 1. The van der Waals surface area contributed by atoms with Crippen molar-refractivity contribution in [1.82, 2.24) is 10.3 Å². The Hall–Kier alpha value is -2.50. The number of hydrogen-bond acceptors (Lipinski definition) is 4. The van der Waals surface area contributed by atoms with Crippen LogP contribution < -0.4 is 5.32 Å². The number of rotatable bonds is 5. The Balaban J connectivity index is 1.67. The zero-order valence-electron chi connectivity index (χ0n) is 13.3. The minimum absolute atomic E-state index is 0.157. The number of pyridine rings is 1. The zero-order chi connectivity index (χ0) is 17.0. The predicted octanol–water partition coefficient (Wildman–Crippen LogP) is 3.33. The first-order valence-corrected chi connectivity index (χ1v) is 8.55. The molecule has 122 valence electrons. The van der Waals surface area contributed by atoms with Gasteiger partial charge in [0.05, 0.1) is 12.1 Å². The summed E-state index contributed by atoms with van der Waals surface area (Å²) in [6.07, 6.45) is 4.96. The molecule has 2 N–H and O–H groups in total. The number of nitrogens with zero attached hydrogens (tertiary/aromatic N) is 1. The van der Waals surface area contributed by atoms with E-state index in [2.05, 4.69) is 10.3 Å². The molecule has 0 unspecified atom stereocenters. The molecule has 2 aromatic heterocycles. The smallest absolute Gasteiger partial charge is 0.244 e. The van der Waals surface area contributed by atoms with Crippen LogP contribution in [-0.2, 0) is 10.4 Å². The number of carbonyl (C=O) groups is 1. The van der Waals surface area contributed by atoms with Crippen molar-refractivity contribution in [3.05, 3.63) is 70.6 Å². The van der Waals surface area contributed by atoms with Crippen LogP contribution in [0, 0.1) is 0 Å². The first-order chi connectivity index (χ1) is 11.6. The van der Waals surface area contributed by atoms with Crippen LogP contribution in [-0.4, -0.2) is 22.5 Å². The first kappa shape index (κ1) is 16.4. The van der Waals surface area contributed by atoms with Crippen LogP contribution in [0.4, 0.5) is 0 Å². The minimum Gasteiger partial charge on any atom is -0.384 e. The highest BCUT2D eigenvalue weighted by Gasteiger charge is 2.23. The molecule has 4 nitrogen and oxygen atoms in total. The quantitative estimate of drug-likeness (QED) is 0.702. The van der Waals surface area contributed by atoms with Crippen molar-refractivity contribution < 1.29 is 9.90 Å². The molecule has 0 aliphatic heterocycles. The molecule has 0 spiro atoms. The molecule has 0 aliphatic carbocycles. The molecule has 1 atom stereocenters. The Morgan fingerprint density at radius 1 is 1.33 bits per heavy atom. The zero-order valence-corrected chi connectivity index (χ0v) is 14.1. The Bertz CT molecular complexity index is 865. The van der Waals surface area contributed by atoms with Gasteiger partial charge in [0, 0.05) is 17.7 Å². The van der Waals surface area contributed by atoms with Crippen LogP contribution >= 0.6 is 11.3 Å². The van der Waals surface area contributed by atoms with E-state index in [0.717, 1.165) is 22.0 Å². The molecule has 0 aliphatic rings. The van der Waals surface area contributed by atoms with E-state index in [9.17, 15) is 9.90 Å². The monoisotopic (exact) mass is 338 g/mol. The van der Waals surface area contributed by atoms with Gasteiger partial charge >= 0.3 is 0 Å². The lowest BCUT2D eigenvalue weighted by Crippen LogP contribution is -2.37. The van der Waals surface area contributed by atoms with E-state index in [1.165, 1.54) is 17.4 Å². The standard InChI is InChI=1S/C19H18N2O2S/c1-19(23,15-9-11-24-12-15)13-21-18(22)7-6-14-8-10-20-17-5-3-2-4-16(14)17/h2-12,23H,13H2,1H3,(H,21,22)/b7-6-/t19-/m1/s1. The van der Waals surface area contributed by atoms with Crippen LogP contribution in [0.3, 0.4) is 0 Å². The third-order valence-electron chi connectivity index (χ3n) is 3.85. The van der Waals surface area contributed by atoms with Gasteiger partial charge in [0.1, 0.15) is 5.60 Å². The number of carbonyl (C=O) groups excluding carboxylic acids is 1. The van der Waals surface area contributed by atoms with Crippen LogP contribution in [0.5, 0.6) is 0 Å². The van der Waals surface area contributed by atoms with Crippen molar-refractivity contribution >= 4 is 34.2 Å². The van der Waals surface area contributed by atoms with Gasteiger partial charge in [-0.2, -0.15) is 11.3 Å². The van der Waals surface area contributed by atoms with E-state index in [4.69, 9.17) is 0 Å². The number of benzene rings is 1. The first-order valence-electron chi connectivity index (χ1n) is 7.61. The van der Waals surface area contributed by atoms with Crippen molar-refractivity contribution in [2.75, 3.05) is 6.54 Å². The Morgan fingerprint density at radius 3 is 2.96 bits per heavy atom. The molecule has 24 heavy (non-hydrogen) atoms. The number of para-hydroxylation sites is 1. The number of hydrogen-bond donors (Lipinski definition) is 2. The van der Waals surface area contributed by atoms with Gasteiger partial charge < -0.3 is 10.4 Å². The Kier molecular flexibility index (Phi) is 4.74. The van der Waals surface area contributed by atoms with Crippen molar-refractivity contribution in [3.63, 3.8) is 0 Å². The lowest BCUT2D eigenvalue weighted by Gasteiger charge is -2.22. The van der Waals surface area contributed by atoms with Crippen LogP contribution in [0.2, 0.25) is 0 Å². The highest BCUT2D eigenvalue weighted by atomic mass is 32.1. The van der Waals surface area contributed by atoms with Gasteiger partial charge in [0.15, 0.2) is 0 Å². The van der Waals surface area contributed by atoms with E-state index in [1.54, 1.807) is 19.2 Å². The summed E-state index contributed by atoms with van der Waals surface area (Å²) >= 11 is 1.52. The molecular weight excluding hydrogens is 320 g/mol. The van der Waals surface area contributed by atoms with E-state index in [-0.39, 0.29) is 12.5 Å². The fraction of sp³-hybridized carbons (Fsp3) is 0.158. The van der Waals surface area contributed by atoms with Gasteiger partial charge in [-0.3, -0.25) is 9.78 Å². The molecule has 2 heterocycles. The van der Waals surface area contributed by atoms with Gasteiger partial charge in [-0.1, -0.05) is 18.2 Å². The molecule has 0 saturated carbocycles. The van der Waals surface area contributed by atoms with Crippen LogP contribution in [0.1, 0.15) is 18.1 Å². The van der Waals surface area contributed by atoms with Crippen LogP contribution in [0.15, 0.2) is 59.4 Å². The average Bonchev–Trinajstić information content (AvgIpc) is 3.14. The summed E-state index contributed by atoms with van der Waals surface area (Å²) in [5, 5.41) is 17.9. The maximum Gasteiger partial charge on any atom is 0.244 e. The van der Waals surface area contributed by atoms with Gasteiger partial charge in [0.2, 0.25) is 5.91 Å². The van der Waals surface area contributed by atoms with Gasteiger partial charge in [-0.25, -0.2) is 0 Å². The molecular formula is C19H18N2O2S. The topological polar surface area (TPSA) is 62.2 Å². The fourth-order valence-electron chi connectivity index (χ4n) is 2.42. The maximum absolute atomic E-state index is 12.0. The summed E-state index contributed by atoms with van der Waals surface area (Å²) < 4.78 is 0. The molecule has 3 rings (SSSR count). The number of aromatic nitrogens is 1. The number of amides is 1. The van der Waals surface area contributed by atoms with E-state index < -0.39 is 5.60 Å². The largest absolute Gasteiger partial charge is 0.384 e. The summed E-state index contributed by atoms with van der Waals surface area (Å²) in [7, 11) is 0. The third-order valence-corrected chi connectivity index (χ3v) is 4.53. The second-order valence-electron chi connectivity index (χ2n) is 5.75. The van der Waals surface area contributed by atoms with Gasteiger partial charge in [0.25, 0.3) is 0 Å². The molecule has 1 aromatic carbocycles. The SMILES string of the molecule is C[C@@](O)(CNC(=O)/C=C\c1ccnc2ccccc12)c1ccsc1. The molecule has 0 saturated heterocycles. The third kappa shape index (κ3) is 3.69. The summed E-state index contributed by atoms with van der Waals surface area (Å²) in [6.45, 7) is 1.85. The summed E-state index contributed by atoms with van der Waals surface area (Å²) in [4.78, 5) is 16.3. The Morgan fingerprint density at radius 2 is 2.17 bits per heavy atom. The number of thiophene rings is 1. The lowest BCUT2D eigenvalue weighted by molar-refractivity contribution is -0.117. The molecule has 3 aromatic rings. The van der Waals surface area contributed by atoms with E-state index in [1.807, 2.05) is 47.2 Å². The minimum atomic E-state index is -1.08.